The second kappa shape index (κ2) is 11.9. The first-order valence-electron chi connectivity index (χ1n) is 12.7. The van der Waals surface area contributed by atoms with Gasteiger partial charge in [0, 0.05) is 44.7 Å². The van der Waals surface area contributed by atoms with Crippen molar-refractivity contribution in [1.29, 1.82) is 0 Å². The molecule has 212 valence electrons. The minimum atomic E-state index is -4.52. The highest BCUT2D eigenvalue weighted by molar-refractivity contribution is 6.04. The lowest BCUT2D eigenvalue weighted by atomic mass is 10.1. The van der Waals surface area contributed by atoms with Gasteiger partial charge in [-0.3, -0.25) is 9.79 Å². The van der Waals surface area contributed by atoms with Crippen LogP contribution in [-0.2, 0) is 10.9 Å². The number of benzene rings is 2. The number of amides is 1. The molecule has 12 heteroatoms. The first kappa shape index (κ1) is 28.8. The summed E-state index contributed by atoms with van der Waals surface area (Å²) >= 11 is 0. The zero-order valence-corrected chi connectivity index (χ0v) is 22.8. The van der Waals surface area contributed by atoms with E-state index in [1.54, 1.807) is 32.4 Å². The van der Waals surface area contributed by atoms with Crippen LogP contribution in [0.3, 0.4) is 0 Å². The number of nitrogens with one attached hydrogen (secondary N) is 2. The molecule has 0 spiro atoms. The summed E-state index contributed by atoms with van der Waals surface area (Å²) in [7, 11) is 3.35. The number of aliphatic imine (C=N–C) groups is 1. The lowest BCUT2D eigenvalue weighted by Crippen LogP contribution is -2.46. The van der Waals surface area contributed by atoms with Crippen LogP contribution in [0.1, 0.15) is 40.9 Å². The predicted molar refractivity (Wildman–Crippen MR) is 148 cm³/mol. The van der Waals surface area contributed by atoms with Gasteiger partial charge < -0.3 is 25.0 Å². The maximum absolute atomic E-state index is 13.1. The Morgan fingerprint density at radius 2 is 1.88 bits per heavy atom. The van der Waals surface area contributed by atoms with E-state index in [0.29, 0.717) is 36.2 Å². The predicted octanol–water partition coefficient (Wildman–Crippen LogP) is 5.55. The Hall–Kier alpha value is -4.19. The van der Waals surface area contributed by atoms with Crippen LogP contribution in [0.4, 0.5) is 30.6 Å². The quantitative estimate of drug-likeness (QED) is 0.368. The Morgan fingerprint density at radius 3 is 2.52 bits per heavy atom. The molecule has 40 heavy (non-hydrogen) atoms. The van der Waals surface area contributed by atoms with E-state index in [1.165, 1.54) is 18.2 Å². The van der Waals surface area contributed by atoms with Gasteiger partial charge in [-0.2, -0.15) is 23.1 Å². The molecule has 0 saturated carbocycles. The van der Waals surface area contributed by atoms with Gasteiger partial charge in [0.1, 0.15) is 11.6 Å². The Labute approximate surface area is 230 Å². The molecule has 1 aliphatic rings. The Balaban J connectivity index is 1.66. The number of nitrogens with zero attached hydrogens (tertiary/aromatic N) is 4. The second-order valence-corrected chi connectivity index (χ2v) is 9.51. The summed E-state index contributed by atoms with van der Waals surface area (Å²) < 4.78 is 51.4. The molecule has 2 unspecified atom stereocenters. The van der Waals surface area contributed by atoms with E-state index in [1.807, 2.05) is 25.7 Å². The van der Waals surface area contributed by atoms with Crippen LogP contribution < -0.4 is 20.3 Å². The molecule has 2 atom stereocenters. The maximum atomic E-state index is 13.1. The van der Waals surface area contributed by atoms with Gasteiger partial charge in [0.05, 0.1) is 23.3 Å². The lowest BCUT2D eigenvalue weighted by Gasteiger charge is -2.35. The van der Waals surface area contributed by atoms with Gasteiger partial charge in [-0.25, -0.2) is 0 Å². The highest BCUT2D eigenvalue weighted by atomic mass is 19.4. The monoisotopic (exact) mass is 556 g/mol. The smallest absolute Gasteiger partial charge is 0.416 e. The number of morpholine rings is 1. The number of hydrogen-bond donors (Lipinski definition) is 2. The number of halogens is 3. The second-order valence-electron chi connectivity index (χ2n) is 9.51. The number of alkyl halides is 3. The highest BCUT2D eigenvalue weighted by Gasteiger charge is 2.30. The Morgan fingerprint density at radius 1 is 1.15 bits per heavy atom. The average molecular weight is 557 g/mol. The topological polar surface area (TPSA) is 101 Å². The summed E-state index contributed by atoms with van der Waals surface area (Å²) in [5, 5.41) is 5.59. The number of rotatable bonds is 7. The first-order chi connectivity index (χ1) is 19.0. The van der Waals surface area contributed by atoms with Gasteiger partial charge in [-0.1, -0.05) is 12.1 Å². The summed E-state index contributed by atoms with van der Waals surface area (Å²) in [6.45, 7) is 6.97. The zero-order chi connectivity index (χ0) is 29.0. The van der Waals surface area contributed by atoms with Crippen LogP contribution >= 0.6 is 0 Å². The molecule has 4 rings (SSSR count). The van der Waals surface area contributed by atoms with Crippen molar-refractivity contribution in [2.24, 2.45) is 4.99 Å². The van der Waals surface area contributed by atoms with Crippen molar-refractivity contribution in [3.8, 4) is 11.6 Å². The van der Waals surface area contributed by atoms with E-state index in [-0.39, 0.29) is 29.3 Å². The van der Waals surface area contributed by atoms with Gasteiger partial charge >= 0.3 is 6.18 Å². The third kappa shape index (κ3) is 6.68. The molecule has 0 bridgehead atoms. The fourth-order valence-corrected chi connectivity index (χ4v) is 4.37. The normalized spacial score (nSPS) is 17.6. The van der Waals surface area contributed by atoms with Gasteiger partial charge in [-0.05, 0) is 56.7 Å². The molecule has 1 saturated heterocycles. The first-order valence-corrected chi connectivity index (χ1v) is 12.7. The van der Waals surface area contributed by atoms with E-state index in [2.05, 4.69) is 20.6 Å². The van der Waals surface area contributed by atoms with E-state index in [9.17, 15) is 18.0 Å². The van der Waals surface area contributed by atoms with E-state index in [4.69, 9.17) is 14.5 Å². The van der Waals surface area contributed by atoms with Crippen molar-refractivity contribution in [1.82, 2.24) is 9.97 Å². The van der Waals surface area contributed by atoms with Crippen LogP contribution in [0.5, 0.6) is 11.6 Å². The Kier molecular flexibility index (Phi) is 8.58. The van der Waals surface area contributed by atoms with Crippen molar-refractivity contribution >= 4 is 29.6 Å². The zero-order valence-electron chi connectivity index (χ0n) is 22.8. The third-order valence-corrected chi connectivity index (χ3v) is 6.20. The van der Waals surface area contributed by atoms with Crippen LogP contribution in [0.25, 0.3) is 0 Å². The lowest BCUT2D eigenvalue weighted by molar-refractivity contribution is -0.137. The molecule has 2 heterocycles. The fraction of sp³-hybridized carbons (Fsp3) is 0.357. The van der Waals surface area contributed by atoms with Gasteiger partial charge in [-0.15, -0.1) is 0 Å². The minimum absolute atomic E-state index is 0.0131. The van der Waals surface area contributed by atoms with Gasteiger partial charge in [0.2, 0.25) is 11.8 Å². The van der Waals surface area contributed by atoms with Gasteiger partial charge in [0.15, 0.2) is 0 Å². The van der Waals surface area contributed by atoms with Crippen LogP contribution in [0.2, 0.25) is 0 Å². The molecule has 1 aliphatic heterocycles. The number of ether oxygens (including phenoxy) is 2. The summed E-state index contributed by atoms with van der Waals surface area (Å²) in [5.74, 6) is 0.942. The number of carbonyl (C=O) groups is 1. The van der Waals surface area contributed by atoms with E-state index < -0.39 is 17.6 Å². The molecule has 0 radical (unpaired) electrons. The van der Waals surface area contributed by atoms with Crippen molar-refractivity contribution in [2.45, 2.75) is 39.2 Å². The standard InChI is InChI=1S/C28H31F3N6O3/c1-16-9-10-19(25(38)34-21-8-6-7-20(12-21)28(29,30)31)11-23(16)40-26-22(13-32-4)24(33-5)35-27(36-26)37-14-17(2)39-18(3)15-37/h6-13,17-18H,14-15H2,1-5H3,(H,34,38)(H,33,35,36). The fourth-order valence-electron chi connectivity index (χ4n) is 4.37. The maximum Gasteiger partial charge on any atom is 0.416 e. The number of aromatic nitrogens is 2. The molecular formula is C28H31F3N6O3. The summed E-state index contributed by atoms with van der Waals surface area (Å²) in [5.41, 5.74) is 0.600. The summed E-state index contributed by atoms with van der Waals surface area (Å²) in [4.78, 5) is 28.5. The van der Waals surface area contributed by atoms with Crippen LogP contribution in [0, 0.1) is 6.92 Å². The van der Waals surface area contributed by atoms with Crippen molar-refractivity contribution in [3.05, 3.63) is 64.7 Å². The number of hydrogen-bond acceptors (Lipinski definition) is 8. The molecule has 1 aromatic heterocycles. The summed E-state index contributed by atoms with van der Waals surface area (Å²) in [6, 6.07) is 9.24. The summed E-state index contributed by atoms with van der Waals surface area (Å²) in [6.07, 6.45) is -2.97. The van der Waals surface area contributed by atoms with E-state index in [0.717, 1.165) is 17.7 Å². The van der Waals surface area contributed by atoms with Crippen molar-refractivity contribution < 1.29 is 27.4 Å². The Bertz CT molecular complexity index is 1400. The van der Waals surface area contributed by atoms with Crippen LogP contribution in [-0.4, -0.2) is 61.5 Å². The molecule has 1 fully saturated rings. The molecule has 9 nitrogen and oxygen atoms in total. The largest absolute Gasteiger partial charge is 0.438 e. The molecule has 2 N–H and O–H groups in total. The SMILES string of the molecule is CN=Cc1c(NC)nc(N2CC(C)OC(C)C2)nc1Oc1cc(C(=O)Nc2cccc(C(F)(F)F)c2)ccc1C. The van der Waals surface area contributed by atoms with Gasteiger partial charge in [0.25, 0.3) is 5.91 Å². The number of carbonyl (C=O) groups excluding carboxylic acids is 1. The number of anilines is 3. The molecule has 0 aliphatic carbocycles. The molecule has 3 aromatic rings. The number of aryl methyl sites for hydroxylation is 1. The minimum Gasteiger partial charge on any atom is -0.438 e. The van der Waals surface area contributed by atoms with Crippen molar-refractivity contribution in [3.63, 3.8) is 0 Å². The van der Waals surface area contributed by atoms with Crippen LogP contribution in [0.15, 0.2) is 47.5 Å². The molecule has 1 amide bonds. The average Bonchev–Trinajstić information content (AvgIpc) is 2.89. The van der Waals surface area contributed by atoms with Crippen molar-refractivity contribution in [2.75, 3.05) is 42.7 Å². The third-order valence-electron chi connectivity index (χ3n) is 6.20. The van der Waals surface area contributed by atoms with E-state index >= 15 is 0 Å². The molecular weight excluding hydrogens is 525 g/mol. The molecule has 2 aromatic carbocycles. The highest BCUT2D eigenvalue weighted by Crippen LogP contribution is 2.33.